The molecule has 0 heterocycles. The first-order valence-corrected chi connectivity index (χ1v) is 4.09. The number of hydrogen-bond acceptors (Lipinski definition) is 3. The van der Waals surface area contributed by atoms with Gasteiger partial charge >= 0.3 is 0 Å². The first kappa shape index (κ1) is 7.23. The largest absolute Gasteiger partial charge is 0.329 e. The van der Waals surface area contributed by atoms with Gasteiger partial charge in [-0.25, -0.2) is 0 Å². The zero-order valence-corrected chi connectivity index (χ0v) is 5.11. The fourth-order valence-electron chi connectivity index (χ4n) is 0.223. The van der Waals surface area contributed by atoms with Crippen molar-refractivity contribution in [3.05, 3.63) is 0 Å². The fourth-order valence-corrected chi connectivity index (χ4v) is 0.670. The molecule has 0 amide bonds. The molecule has 4 heteroatoms. The van der Waals surface area contributed by atoms with Crippen LogP contribution in [0.4, 0.5) is 0 Å². The Kier molecular flexibility index (Phi) is 2.60. The quantitative estimate of drug-likeness (QED) is 0.498. The molecule has 0 aliphatic carbocycles. The molecule has 0 fully saturated rings. The van der Waals surface area contributed by atoms with Gasteiger partial charge in [0.05, 0.1) is 0 Å². The average molecular weight is 125 g/mol. The number of nitrogens with two attached hydrogens (primary N) is 1. The zero-order valence-electron chi connectivity index (χ0n) is 4.29. The minimum atomic E-state index is -2.30. The molecule has 0 atom stereocenters. The Balaban J connectivity index is 3.15. The van der Waals surface area contributed by atoms with E-state index < -0.39 is 10.6 Å². The van der Waals surface area contributed by atoms with Crippen molar-refractivity contribution in [2.75, 3.05) is 18.6 Å². The molecule has 0 spiro atoms. The maximum atomic E-state index is 8.58. The monoisotopic (exact) mass is 125 g/mol. The van der Waals surface area contributed by atoms with Crippen molar-refractivity contribution >= 4 is 10.6 Å². The lowest BCUT2D eigenvalue weighted by atomic mass is 10.8. The zero-order chi connectivity index (χ0) is 5.91. The fraction of sp³-hybridized carbons (Fsp3) is 1.00. The van der Waals surface area contributed by atoms with Gasteiger partial charge in [-0.15, -0.1) is 0 Å². The van der Waals surface area contributed by atoms with E-state index in [9.17, 15) is 0 Å². The summed E-state index contributed by atoms with van der Waals surface area (Å²) in [5, 5.41) is 0. The summed E-state index contributed by atoms with van der Waals surface area (Å²) in [6.45, 7) is 0.346. The van der Waals surface area contributed by atoms with E-state index in [1.807, 2.05) is 0 Å². The minimum Gasteiger partial charge on any atom is -0.329 e. The molecular weight excluding hydrogens is 114 g/mol. The molecule has 0 aliphatic heterocycles. The van der Waals surface area contributed by atoms with Gasteiger partial charge in [-0.05, 0) is 0 Å². The van der Waals surface area contributed by atoms with Crippen molar-refractivity contribution < 1.29 is 9.11 Å². The van der Waals surface area contributed by atoms with Gasteiger partial charge in [0, 0.05) is 18.6 Å². The van der Waals surface area contributed by atoms with E-state index in [0.717, 1.165) is 0 Å². The predicted molar refractivity (Wildman–Crippen MR) is 32.7 cm³/mol. The third-order valence-corrected chi connectivity index (χ3v) is 1.51. The van der Waals surface area contributed by atoms with Crippen molar-refractivity contribution in [2.45, 2.75) is 0 Å². The van der Waals surface area contributed by atoms with Crippen LogP contribution in [0.5, 0.6) is 0 Å². The van der Waals surface area contributed by atoms with Crippen LogP contribution in [0.25, 0.3) is 0 Å². The highest BCUT2D eigenvalue weighted by molar-refractivity contribution is 8.23. The second-order valence-electron chi connectivity index (χ2n) is 1.49. The van der Waals surface area contributed by atoms with Gasteiger partial charge in [0.15, 0.2) is 0 Å². The van der Waals surface area contributed by atoms with Gasteiger partial charge in [-0.3, -0.25) is 9.11 Å². The summed E-state index contributed by atoms with van der Waals surface area (Å²) in [4.78, 5) is 0. The molecule has 0 saturated carbocycles. The van der Waals surface area contributed by atoms with Crippen molar-refractivity contribution in [3.63, 3.8) is 0 Å². The molecule has 4 N–H and O–H groups in total. The highest BCUT2D eigenvalue weighted by atomic mass is 32.3. The van der Waals surface area contributed by atoms with E-state index in [4.69, 9.17) is 14.8 Å². The smallest absolute Gasteiger partial charge is 0.0493 e. The van der Waals surface area contributed by atoms with E-state index >= 15 is 0 Å². The number of hydrogen-bond donors (Lipinski definition) is 3. The van der Waals surface area contributed by atoms with Gasteiger partial charge < -0.3 is 5.73 Å². The second kappa shape index (κ2) is 2.52. The highest BCUT2D eigenvalue weighted by Crippen LogP contribution is 2.31. The molecule has 0 saturated heterocycles. The van der Waals surface area contributed by atoms with Crippen LogP contribution in [-0.4, -0.2) is 27.7 Å². The molecule has 3 nitrogen and oxygen atoms in total. The van der Waals surface area contributed by atoms with Crippen LogP contribution in [0, 0.1) is 0 Å². The minimum absolute atomic E-state index is 0.312. The molecule has 0 bridgehead atoms. The lowest BCUT2D eigenvalue weighted by Gasteiger charge is -2.25. The third kappa shape index (κ3) is 6.23. The van der Waals surface area contributed by atoms with Crippen LogP contribution in [0.1, 0.15) is 0 Å². The molecule has 46 valence electrons. The Bertz CT molecular complexity index is 51.4. The van der Waals surface area contributed by atoms with Crippen molar-refractivity contribution in [2.24, 2.45) is 5.73 Å². The summed E-state index contributed by atoms with van der Waals surface area (Å²) in [5.74, 6) is 0.312. The topological polar surface area (TPSA) is 66.5 Å². The normalized spacial score (nSPS) is 14.3. The summed E-state index contributed by atoms with van der Waals surface area (Å²) >= 11 is 0. The van der Waals surface area contributed by atoms with Gasteiger partial charge in [-0.1, -0.05) is 0 Å². The maximum absolute atomic E-state index is 8.58. The summed E-state index contributed by atoms with van der Waals surface area (Å²) in [5.41, 5.74) is 5.02. The van der Waals surface area contributed by atoms with E-state index in [1.165, 1.54) is 6.26 Å². The first-order chi connectivity index (χ1) is 3.06. The molecule has 7 heavy (non-hydrogen) atoms. The van der Waals surface area contributed by atoms with Crippen molar-refractivity contribution in [1.82, 2.24) is 0 Å². The Morgan fingerprint density at radius 2 is 2.00 bits per heavy atom. The molecule has 0 rings (SSSR count). The molecule has 0 unspecified atom stereocenters. The van der Waals surface area contributed by atoms with Crippen LogP contribution < -0.4 is 5.73 Å². The summed E-state index contributed by atoms with van der Waals surface area (Å²) < 4.78 is 17.2. The van der Waals surface area contributed by atoms with Crippen LogP contribution >= 0.6 is 10.6 Å². The second-order valence-corrected chi connectivity index (χ2v) is 3.88. The van der Waals surface area contributed by atoms with Gasteiger partial charge in [0.2, 0.25) is 0 Å². The molecule has 0 aromatic carbocycles. The summed E-state index contributed by atoms with van der Waals surface area (Å²) in [7, 11) is -2.30. The van der Waals surface area contributed by atoms with Crippen LogP contribution in [0.2, 0.25) is 0 Å². The lowest BCUT2D eigenvalue weighted by Crippen LogP contribution is -2.11. The Morgan fingerprint density at radius 3 is 2.00 bits per heavy atom. The summed E-state index contributed by atoms with van der Waals surface area (Å²) in [6, 6.07) is 0. The molecule has 0 aromatic heterocycles. The van der Waals surface area contributed by atoms with E-state index in [0.29, 0.717) is 12.3 Å². The summed E-state index contributed by atoms with van der Waals surface area (Å²) in [6.07, 6.45) is 1.39. The van der Waals surface area contributed by atoms with Gasteiger partial charge in [0.25, 0.3) is 0 Å². The van der Waals surface area contributed by atoms with Gasteiger partial charge in [0.1, 0.15) is 0 Å². The Morgan fingerprint density at radius 1 is 1.57 bits per heavy atom. The first-order valence-electron chi connectivity index (χ1n) is 1.97. The highest BCUT2D eigenvalue weighted by Gasteiger charge is 1.98. The Labute approximate surface area is 44.9 Å². The van der Waals surface area contributed by atoms with E-state index in [1.54, 1.807) is 0 Å². The van der Waals surface area contributed by atoms with Crippen molar-refractivity contribution in [1.29, 1.82) is 0 Å². The standard InChI is InChI=1S/C3H11NO2S/c1-7(5,6)3-2-4/h5-6H,2-4H2,1H3. The Hall–Kier alpha value is 0.230. The predicted octanol–water partition coefficient (Wildman–Crippen LogP) is 0.326. The molecule has 0 radical (unpaired) electrons. The molecular formula is C3H11NO2S. The molecule has 0 aromatic rings. The van der Waals surface area contributed by atoms with E-state index in [-0.39, 0.29) is 0 Å². The SMILES string of the molecule is CS(O)(O)CCN. The number of rotatable bonds is 2. The molecule has 0 aliphatic rings. The van der Waals surface area contributed by atoms with Crippen LogP contribution in [-0.2, 0) is 0 Å². The maximum Gasteiger partial charge on any atom is 0.0493 e. The lowest BCUT2D eigenvalue weighted by molar-refractivity contribution is 0.495. The third-order valence-electron chi connectivity index (χ3n) is 0.505. The van der Waals surface area contributed by atoms with Crippen LogP contribution in [0.15, 0.2) is 0 Å². The van der Waals surface area contributed by atoms with Gasteiger partial charge in [-0.2, -0.15) is 10.6 Å². The average Bonchev–Trinajstić information content (AvgIpc) is 1.30. The van der Waals surface area contributed by atoms with Crippen molar-refractivity contribution in [3.8, 4) is 0 Å². The van der Waals surface area contributed by atoms with Crippen LogP contribution in [0.3, 0.4) is 0 Å². The van der Waals surface area contributed by atoms with E-state index in [2.05, 4.69) is 0 Å².